The molecule has 3 aliphatic rings. The first kappa shape index (κ1) is 16.7. The Labute approximate surface area is 112 Å². The average molecular weight is 321 g/mol. The van der Waals surface area contributed by atoms with E-state index in [1.54, 1.807) is 0 Å². The van der Waals surface area contributed by atoms with Crippen molar-refractivity contribution in [3.05, 3.63) is 4.13 Å². The minimum atomic E-state index is -5.62. The molecule has 3 saturated heterocycles. The fourth-order valence-electron chi connectivity index (χ4n) is 2.31. The summed E-state index contributed by atoms with van der Waals surface area (Å²) in [6, 6.07) is 0. The molecule has 0 N–H and O–H groups in total. The van der Waals surface area contributed by atoms with E-state index in [0.29, 0.717) is 0 Å². The van der Waals surface area contributed by atoms with Crippen molar-refractivity contribution < 1.29 is 29.1 Å². The molecule has 2 bridgehead atoms. The summed E-state index contributed by atoms with van der Waals surface area (Å²) in [6.45, 7) is 12.0. The van der Waals surface area contributed by atoms with Crippen molar-refractivity contribution in [1.82, 2.24) is 4.90 Å². The Balaban J connectivity index is 0.000000192. The van der Waals surface area contributed by atoms with Gasteiger partial charge in [-0.1, -0.05) is 0 Å². The molecule has 3 fully saturated rings. The third-order valence-electron chi connectivity index (χ3n) is 3.52. The number of likely N-dealkylation sites (N-methyl/N-ethyl adjacent to an activating group) is 1. The van der Waals surface area contributed by atoms with Crippen LogP contribution in [0.25, 0.3) is 4.13 Å². The van der Waals surface area contributed by atoms with Gasteiger partial charge in [0.05, 0.1) is 26.2 Å². The van der Waals surface area contributed by atoms with Gasteiger partial charge in [0.15, 0.2) is 0 Å². The van der Waals surface area contributed by atoms with E-state index in [4.69, 9.17) is 0 Å². The highest BCUT2D eigenvalue weighted by Crippen LogP contribution is 2.18. The number of hydrogen-bond acceptors (Lipinski definition) is 5. The van der Waals surface area contributed by atoms with E-state index < -0.39 is 20.8 Å². The number of halogens is 2. The predicted molar refractivity (Wildman–Crippen MR) is 65.3 cm³/mol. The van der Waals surface area contributed by atoms with Crippen LogP contribution in [0.2, 0.25) is 0 Å². The highest BCUT2D eigenvalue weighted by Gasteiger charge is 2.36. The monoisotopic (exact) mass is 321 g/mol. The van der Waals surface area contributed by atoms with Crippen LogP contribution < -0.4 is 0 Å². The third-order valence-corrected chi connectivity index (χ3v) is 4.95. The first-order valence-corrected chi connectivity index (χ1v) is 8.44. The SMILES string of the molecule is CC[N+]12CCN(CC1)CC2.O=S(=O)(F)[N-]S(=O)(=O)F. The summed E-state index contributed by atoms with van der Waals surface area (Å²) in [5.41, 5.74) is 0. The zero-order chi connectivity index (χ0) is 14.7. The summed E-state index contributed by atoms with van der Waals surface area (Å²) >= 11 is 0. The standard InChI is InChI=1S/C8H17N2.F2NO4S2/c1-2-10-6-3-9(4-7-10)5-8-10;1-8(4,5)3-9(2,6)7/h2-8H2,1H3;/q+1;-1. The summed E-state index contributed by atoms with van der Waals surface area (Å²) in [5.74, 6) is 0. The summed E-state index contributed by atoms with van der Waals surface area (Å²) < 4.78 is 61.5. The minimum Gasteiger partial charge on any atom is -0.379 e. The lowest BCUT2D eigenvalue weighted by Gasteiger charge is -2.50. The molecule has 0 unspecified atom stereocenters. The lowest BCUT2D eigenvalue weighted by molar-refractivity contribution is -0.939. The van der Waals surface area contributed by atoms with Crippen molar-refractivity contribution in [1.29, 1.82) is 0 Å². The Hall–Kier alpha value is -0.360. The first-order chi connectivity index (χ1) is 8.55. The van der Waals surface area contributed by atoms with Crippen LogP contribution >= 0.6 is 0 Å². The molecule has 0 aliphatic carbocycles. The first-order valence-electron chi connectivity index (χ1n) is 5.76. The molecule has 3 aliphatic heterocycles. The Kier molecular flexibility index (Phi) is 5.23. The van der Waals surface area contributed by atoms with Gasteiger partial charge < -0.3 is 8.61 Å². The van der Waals surface area contributed by atoms with Gasteiger partial charge in [0.2, 0.25) is 20.8 Å². The second-order valence-corrected chi connectivity index (χ2v) is 6.81. The molecular formula is C8H17F2N3O4S2. The van der Waals surface area contributed by atoms with Crippen molar-refractivity contribution in [3.63, 3.8) is 0 Å². The van der Waals surface area contributed by atoms with Crippen LogP contribution in [0.1, 0.15) is 6.92 Å². The van der Waals surface area contributed by atoms with E-state index in [1.165, 1.54) is 50.3 Å². The Bertz CT molecular complexity index is 456. The summed E-state index contributed by atoms with van der Waals surface area (Å²) in [4.78, 5) is 2.59. The Morgan fingerprint density at radius 2 is 1.37 bits per heavy atom. The second kappa shape index (κ2) is 5.95. The zero-order valence-corrected chi connectivity index (χ0v) is 12.1. The lowest BCUT2D eigenvalue weighted by Crippen LogP contribution is -2.67. The number of fused-ring (bicyclic) bond motifs is 3. The van der Waals surface area contributed by atoms with Crippen LogP contribution in [0.5, 0.6) is 0 Å². The van der Waals surface area contributed by atoms with Gasteiger partial charge in [0, 0.05) is 19.6 Å². The number of piperazine rings is 3. The van der Waals surface area contributed by atoms with E-state index in [0.717, 1.165) is 4.13 Å². The molecule has 3 heterocycles. The van der Waals surface area contributed by atoms with Crippen LogP contribution in [0.3, 0.4) is 0 Å². The van der Waals surface area contributed by atoms with Gasteiger partial charge in [0.25, 0.3) is 0 Å². The Morgan fingerprint density at radius 1 is 1.00 bits per heavy atom. The summed E-state index contributed by atoms with van der Waals surface area (Å²) in [5, 5.41) is 0. The molecule has 7 nitrogen and oxygen atoms in total. The molecule has 0 amide bonds. The third kappa shape index (κ3) is 6.08. The van der Waals surface area contributed by atoms with Crippen LogP contribution in [-0.2, 0) is 20.8 Å². The lowest BCUT2D eigenvalue weighted by atomic mass is 10.1. The summed E-state index contributed by atoms with van der Waals surface area (Å²) in [7, 11) is -11.2. The molecule has 114 valence electrons. The fourth-order valence-corrected chi connectivity index (χ4v) is 3.16. The van der Waals surface area contributed by atoms with Gasteiger partial charge in [-0.15, -0.1) is 7.77 Å². The van der Waals surface area contributed by atoms with Crippen molar-refractivity contribution in [2.75, 3.05) is 45.8 Å². The van der Waals surface area contributed by atoms with Gasteiger partial charge >= 0.3 is 0 Å². The van der Waals surface area contributed by atoms with Gasteiger partial charge in [-0.05, 0) is 6.92 Å². The normalized spacial score (nSPS) is 30.6. The van der Waals surface area contributed by atoms with Gasteiger partial charge in [-0.25, -0.2) is 16.8 Å². The molecule has 0 spiro atoms. The van der Waals surface area contributed by atoms with Gasteiger partial charge in [0.1, 0.15) is 0 Å². The van der Waals surface area contributed by atoms with E-state index in [2.05, 4.69) is 11.8 Å². The largest absolute Gasteiger partial charge is 0.379 e. The molecule has 3 rings (SSSR count). The molecule has 0 saturated carbocycles. The molecule has 0 aromatic rings. The van der Waals surface area contributed by atoms with Crippen molar-refractivity contribution in [2.45, 2.75) is 6.92 Å². The summed E-state index contributed by atoms with van der Waals surface area (Å²) in [6.07, 6.45) is 0. The van der Waals surface area contributed by atoms with E-state index in [1.807, 2.05) is 0 Å². The predicted octanol–water partition coefficient (Wildman–Crippen LogP) is -0.0590. The molecular weight excluding hydrogens is 304 g/mol. The molecule has 19 heavy (non-hydrogen) atoms. The van der Waals surface area contributed by atoms with E-state index in [-0.39, 0.29) is 0 Å². The molecule has 0 atom stereocenters. The quantitative estimate of drug-likeness (QED) is 0.537. The fraction of sp³-hybridized carbons (Fsp3) is 1.00. The Morgan fingerprint density at radius 3 is 1.53 bits per heavy atom. The highest BCUT2D eigenvalue weighted by atomic mass is 32.3. The topological polar surface area (TPSA) is 85.6 Å². The average Bonchev–Trinajstić information content (AvgIpc) is 2.27. The van der Waals surface area contributed by atoms with Crippen molar-refractivity contribution in [2.24, 2.45) is 0 Å². The minimum absolute atomic E-state index is 1.15. The van der Waals surface area contributed by atoms with E-state index >= 15 is 0 Å². The van der Waals surface area contributed by atoms with E-state index in [9.17, 15) is 24.6 Å². The van der Waals surface area contributed by atoms with Crippen LogP contribution in [-0.4, -0.2) is 72.0 Å². The van der Waals surface area contributed by atoms with Gasteiger partial charge in [-0.3, -0.25) is 4.90 Å². The molecule has 0 radical (unpaired) electrons. The number of hydrogen-bond donors (Lipinski definition) is 0. The number of nitrogens with zero attached hydrogens (tertiary/aromatic N) is 3. The molecule has 0 aromatic carbocycles. The van der Waals surface area contributed by atoms with Crippen LogP contribution in [0, 0.1) is 0 Å². The maximum atomic E-state index is 11.1. The van der Waals surface area contributed by atoms with Crippen LogP contribution in [0.15, 0.2) is 0 Å². The maximum Gasteiger partial charge on any atom is 0.241 e. The smallest absolute Gasteiger partial charge is 0.241 e. The number of quaternary nitrogens is 1. The molecule has 11 heteroatoms. The number of rotatable bonds is 3. The van der Waals surface area contributed by atoms with Gasteiger partial charge in [-0.2, -0.15) is 0 Å². The molecule has 0 aromatic heterocycles. The van der Waals surface area contributed by atoms with Crippen LogP contribution in [0.4, 0.5) is 7.77 Å². The zero-order valence-electron chi connectivity index (χ0n) is 10.5. The van der Waals surface area contributed by atoms with Crippen molar-refractivity contribution in [3.8, 4) is 0 Å². The second-order valence-electron chi connectivity index (χ2n) is 4.57. The maximum absolute atomic E-state index is 11.1. The highest BCUT2D eigenvalue weighted by molar-refractivity contribution is 8.07. The van der Waals surface area contributed by atoms with Crippen molar-refractivity contribution >= 4 is 20.8 Å².